The maximum absolute atomic E-state index is 12.3. The average Bonchev–Trinajstić information content (AvgIpc) is 3.24. The molecule has 1 fully saturated rings. The van der Waals surface area contributed by atoms with Crippen molar-refractivity contribution >= 4 is 6.03 Å². The monoisotopic (exact) mass is 314 g/mol. The molecule has 2 atom stereocenters. The first-order valence-electron chi connectivity index (χ1n) is 7.92. The van der Waals surface area contributed by atoms with E-state index < -0.39 is 0 Å². The first kappa shape index (κ1) is 15.6. The number of nitrogens with zero attached hydrogens (tertiary/aromatic N) is 3. The second-order valence-corrected chi connectivity index (χ2v) is 5.99. The van der Waals surface area contributed by atoms with E-state index in [-0.39, 0.29) is 18.1 Å². The van der Waals surface area contributed by atoms with Gasteiger partial charge in [0.1, 0.15) is 0 Å². The lowest BCUT2D eigenvalue weighted by Crippen LogP contribution is -2.38. The predicted octanol–water partition coefficient (Wildman–Crippen LogP) is 1.78. The summed E-state index contributed by atoms with van der Waals surface area (Å²) in [6, 6.07) is 7.85. The van der Waals surface area contributed by atoms with Crippen molar-refractivity contribution < 1.29 is 9.90 Å². The Hall–Kier alpha value is -2.34. The Kier molecular flexibility index (Phi) is 4.62. The minimum atomic E-state index is -0.366. The van der Waals surface area contributed by atoms with Crippen molar-refractivity contribution in [2.45, 2.75) is 26.0 Å². The van der Waals surface area contributed by atoms with Crippen LogP contribution in [0.15, 0.2) is 43.0 Å². The summed E-state index contributed by atoms with van der Waals surface area (Å²) in [6.07, 6.45) is 5.85. The van der Waals surface area contributed by atoms with E-state index in [2.05, 4.69) is 10.3 Å². The summed E-state index contributed by atoms with van der Waals surface area (Å²) < 4.78 is 1.93. The Morgan fingerprint density at radius 2 is 2.30 bits per heavy atom. The highest BCUT2D eigenvalue weighted by Crippen LogP contribution is 2.20. The summed E-state index contributed by atoms with van der Waals surface area (Å²) >= 11 is 0. The second kappa shape index (κ2) is 6.83. The maximum atomic E-state index is 12.3. The lowest BCUT2D eigenvalue weighted by atomic mass is 10.0. The molecule has 0 bridgehead atoms. The molecule has 0 spiro atoms. The number of urea groups is 1. The molecule has 1 aromatic heterocycles. The fourth-order valence-corrected chi connectivity index (χ4v) is 2.96. The lowest BCUT2D eigenvalue weighted by molar-refractivity contribution is 0.129. The number of rotatable bonds is 4. The number of aliphatic hydroxyl groups excluding tert-OH is 1. The van der Waals surface area contributed by atoms with Gasteiger partial charge in [0.15, 0.2) is 0 Å². The molecule has 2 heterocycles. The van der Waals surface area contributed by atoms with E-state index in [1.54, 1.807) is 24.3 Å². The number of hydrogen-bond acceptors (Lipinski definition) is 3. The van der Waals surface area contributed by atoms with Crippen LogP contribution in [0.1, 0.15) is 18.9 Å². The van der Waals surface area contributed by atoms with Gasteiger partial charge in [-0.1, -0.05) is 18.2 Å². The average molecular weight is 314 g/mol. The third-order valence-electron chi connectivity index (χ3n) is 4.40. The van der Waals surface area contributed by atoms with Crippen LogP contribution in [0.4, 0.5) is 4.79 Å². The highest BCUT2D eigenvalue weighted by Gasteiger charge is 2.28. The number of benzene rings is 1. The molecule has 1 saturated heterocycles. The van der Waals surface area contributed by atoms with Crippen molar-refractivity contribution in [3.05, 3.63) is 48.5 Å². The van der Waals surface area contributed by atoms with Crippen LogP contribution in [-0.2, 0) is 6.54 Å². The Balaban J connectivity index is 1.62. The van der Waals surface area contributed by atoms with Gasteiger partial charge in [-0.3, -0.25) is 0 Å². The van der Waals surface area contributed by atoms with Crippen LogP contribution >= 0.6 is 0 Å². The molecule has 0 aliphatic carbocycles. The van der Waals surface area contributed by atoms with Gasteiger partial charge >= 0.3 is 6.03 Å². The molecule has 0 radical (unpaired) electrons. The molecule has 6 heteroatoms. The number of amides is 2. The van der Waals surface area contributed by atoms with E-state index in [1.165, 1.54) is 0 Å². The van der Waals surface area contributed by atoms with E-state index in [4.69, 9.17) is 0 Å². The van der Waals surface area contributed by atoms with Crippen LogP contribution in [0.5, 0.6) is 0 Å². The summed E-state index contributed by atoms with van der Waals surface area (Å²) in [5.74, 6) is 0.180. The number of carbonyl (C=O) groups is 1. The van der Waals surface area contributed by atoms with Crippen molar-refractivity contribution in [3.63, 3.8) is 0 Å². The standard InChI is InChI=1S/C17H22N4O2/c1-13(22)15-6-8-20(11-15)17(23)19-10-14-4-2-3-5-16(14)21-9-7-18-12-21/h2-5,7,9,12-13,15,22H,6,8,10-11H2,1H3,(H,19,23). The zero-order valence-electron chi connectivity index (χ0n) is 13.2. The number of hydrogen-bond donors (Lipinski definition) is 2. The van der Waals surface area contributed by atoms with Crippen molar-refractivity contribution in [2.75, 3.05) is 13.1 Å². The molecule has 6 nitrogen and oxygen atoms in total. The SMILES string of the molecule is CC(O)C1CCN(C(=O)NCc2ccccc2-n2ccnc2)C1. The van der Waals surface area contributed by atoms with Crippen LogP contribution in [-0.4, -0.2) is 44.8 Å². The molecule has 2 aromatic rings. The second-order valence-electron chi connectivity index (χ2n) is 5.99. The summed E-state index contributed by atoms with van der Waals surface area (Å²) in [5.41, 5.74) is 2.04. The van der Waals surface area contributed by atoms with Gasteiger partial charge in [0.25, 0.3) is 0 Å². The Labute approximate surface area is 135 Å². The van der Waals surface area contributed by atoms with Crippen molar-refractivity contribution in [1.29, 1.82) is 0 Å². The quantitative estimate of drug-likeness (QED) is 0.904. The smallest absolute Gasteiger partial charge is 0.317 e. The maximum Gasteiger partial charge on any atom is 0.317 e. The topological polar surface area (TPSA) is 70.4 Å². The number of aromatic nitrogens is 2. The Morgan fingerprint density at radius 1 is 1.48 bits per heavy atom. The molecule has 1 aliphatic rings. The summed E-state index contributed by atoms with van der Waals surface area (Å²) in [6.45, 7) is 3.56. The molecule has 3 rings (SSSR count). The Morgan fingerprint density at radius 3 is 3.00 bits per heavy atom. The van der Waals surface area contributed by atoms with Gasteiger partial charge in [-0.2, -0.15) is 0 Å². The summed E-state index contributed by atoms with van der Waals surface area (Å²) in [5, 5.41) is 12.6. The zero-order valence-corrected chi connectivity index (χ0v) is 13.2. The molecular formula is C17H22N4O2. The van der Waals surface area contributed by atoms with Crippen LogP contribution < -0.4 is 5.32 Å². The number of aliphatic hydroxyl groups is 1. The fourth-order valence-electron chi connectivity index (χ4n) is 2.96. The predicted molar refractivity (Wildman–Crippen MR) is 87.2 cm³/mol. The molecule has 23 heavy (non-hydrogen) atoms. The van der Waals surface area contributed by atoms with Gasteiger partial charge in [-0.25, -0.2) is 9.78 Å². The van der Waals surface area contributed by atoms with Crippen LogP contribution in [0.2, 0.25) is 0 Å². The summed E-state index contributed by atoms with van der Waals surface area (Å²) in [4.78, 5) is 18.1. The number of carbonyl (C=O) groups excluding carboxylic acids is 1. The normalized spacial score (nSPS) is 18.9. The lowest BCUT2D eigenvalue weighted by Gasteiger charge is -2.19. The Bertz CT molecular complexity index is 654. The van der Waals surface area contributed by atoms with Gasteiger partial charge in [-0.15, -0.1) is 0 Å². The van der Waals surface area contributed by atoms with Gasteiger partial charge in [0.2, 0.25) is 0 Å². The van der Waals surface area contributed by atoms with E-state index in [0.717, 1.165) is 17.7 Å². The van der Waals surface area contributed by atoms with Gasteiger partial charge in [0, 0.05) is 37.9 Å². The number of likely N-dealkylation sites (tertiary alicyclic amines) is 1. The number of para-hydroxylation sites is 1. The minimum absolute atomic E-state index is 0.0754. The van der Waals surface area contributed by atoms with Gasteiger partial charge < -0.3 is 19.9 Å². The van der Waals surface area contributed by atoms with Crippen LogP contribution in [0.25, 0.3) is 5.69 Å². The van der Waals surface area contributed by atoms with Gasteiger partial charge in [0.05, 0.1) is 18.1 Å². The number of nitrogens with one attached hydrogen (secondary N) is 1. The van der Waals surface area contributed by atoms with Crippen molar-refractivity contribution in [1.82, 2.24) is 19.8 Å². The highest BCUT2D eigenvalue weighted by molar-refractivity contribution is 5.74. The summed E-state index contributed by atoms with van der Waals surface area (Å²) in [7, 11) is 0. The highest BCUT2D eigenvalue weighted by atomic mass is 16.3. The molecule has 2 unspecified atom stereocenters. The van der Waals surface area contributed by atoms with E-state index in [1.807, 2.05) is 35.0 Å². The third-order valence-corrected chi connectivity index (χ3v) is 4.40. The minimum Gasteiger partial charge on any atom is -0.393 e. The van der Waals surface area contributed by atoms with Crippen LogP contribution in [0, 0.1) is 5.92 Å². The van der Waals surface area contributed by atoms with Crippen molar-refractivity contribution in [2.24, 2.45) is 5.92 Å². The van der Waals surface area contributed by atoms with E-state index >= 15 is 0 Å². The molecule has 122 valence electrons. The van der Waals surface area contributed by atoms with Gasteiger partial charge in [-0.05, 0) is 25.0 Å². The first-order chi connectivity index (χ1) is 11.1. The molecule has 0 saturated carbocycles. The molecule has 1 aromatic carbocycles. The number of imidazole rings is 1. The molecule has 2 amide bonds. The van der Waals surface area contributed by atoms with E-state index in [0.29, 0.717) is 19.6 Å². The van der Waals surface area contributed by atoms with Crippen LogP contribution in [0.3, 0.4) is 0 Å². The zero-order chi connectivity index (χ0) is 16.2. The fraction of sp³-hybridized carbons (Fsp3) is 0.412. The van der Waals surface area contributed by atoms with E-state index in [9.17, 15) is 9.90 Å². The largest absolute Gasteiger partial charge is 0.393 e. The molecule has 2 N–H and O–H groups in total. The first-order valence-corrected chi connectivity index (χ1v) is 7.92. The van der Waals surface area contributed by atoms with Crippen molar-refractivity contribution in [3.8, 4) is 5.69 Å². The molecule has 1 aliphatic heterocycles. The molecular weight excluding hydrogens is 292 g/mol. The third kappa shape index (κ3) is 3.53.